The number of methoxy groups -OCH3 is 2. The molecule has 0 aliphatic carbocycles. The van der Waals surface area contributed by atoms with Gasteiger partial charge in [0.05, 0.1) is 19.8 Å². The van der Waals surface area contributed by atoms with Gasteiger partial charge in [0.15, 0.2) is 11.5 Å². The third-order valence-corrected chi connectivity index (χ3v) is 4.67. The monoisotopic (exact) mass is 339 g/mol. The average molecular weight is 339 g/mol. The molecule has 24 heavy (non-hydrogen) atoms. The molecule has 0 spiro atoms. The molecule has 0 saturated heterocycles. The smallest absolute Gasteiger partial charge is 0.418 e. The van der Waals surface area contributed by atoms with Crippen LogP contribution in [0, 0.1) is 6.92 Å². The average Bonchev–Trinajstić information content (AvgIpc) is 2.84. The predicted molar refractivity (Wildman–Crippen MR) is 85.7 cm³/mol. The molecule has 3 nitrogen and oxygen atoms in total. The molecule has 0 saturated carbocycles. The van der Waals surface area contributed by atoms with Crippen molar-refractivity contribution in [2.24, 2.45) is 0 Å². The minimum Gasteiger partial charge on any atom is -0.493 e. The predicted octanol–water partition coefficient (Wildman–Crippen LogP) is 4.79. The van der Waals surface area contributed by atoms with Gasteiger partial charge in [0, 0.05) is 22.5 Å². The summed E-state index contributed by atoms with van der Waals surface area (Å²) >= 11 is 0. The van der Waals surface area contributed by atoms with Gasteiger partial charge in [-0.2, -0.15) is 13.2 Å². The number of aromatic nitrogens is 1. The molecule has 0 N–H and O–H groups in total. The van der Waals surface area contributed by atoms with Crippen molar-refractivity contribution in [1.29, 1.82) is 0 Å². The summed E-state index contributed by atoms with van der Waals surface area (Å²) in [6, 6.07) is 4.85. The van der Waals surface area contributed by atoms with Gasteiger partial charge in [0.25, 0.3) is 0 Å². The first-order chi connectivity index (χ1) is 11.1. The standard InChI is InChI=1S/C18H20F3NO2/c1-10-13(18(19,20)21)8-14-12-7-16(24-5)15(23-4)6-11(12)9-17(2,3)22(10)14/h6-8H,9H2,1-5H3. The van der Waals surface area contributed by atoms with E-state index in [-0.39, 0.29) is 5.69 Å². The van der Waals surface area contributed by atoms with Gasteiger partial charge in [0.1, 0.15) is 0 Å². The first-order valence-corrected chi connectivity index (χ1v) is 7.65. The molecule has 0 bridgehead atoms. The van der Waals surface area contributed by atoms with E-state index in [0.717, 1.165) is 11.1 Å². The van der Waals surface area contributed by atoms with E-state index in [9.17, 15) is 13.2 Å². The SMILES string of the molecule is COc1cc2c(cc1OC)-c1cc(C(F)(F)F)c(C)n1C(C)(C)C2. The normalized spacial score (nSPS) is 15.7. The Hall–Kier alpha value is -2.11. The summed E-state index contributed by atoms with van der Waals surface area (Å²) in [4.78, 5) is 0. The maximum Gasteiger partial charge on any atom is 0.418 e. The van der Waals surface area contributed by atoms with Crippen LogP contribution in [0.1, 0.15) is 30.7 Å². The van der Waals surface area contributed by atoms with Crippen LogP contribution in [0.5, 0.6) is 11.5 Å². The second-order valence-electron chi connectivity index (χ2n) is 6.72. The Kier molecular flexibility index (Phi) is 3.62. The van der Waals surface area contributed by atoms with Gasteiger partial charge in [0.2, 0.25) is 0 Å². The van der Waals surface area contributed by atoms with E-state index in [1.165, 1.54) is 20.1 Å². The van der Waals surface area contributed by atoms with Crippen LogP contribution in [0.4, 0.5) is 13.2 Å². The zero-order valence-corrected chi connectivity index (χ0v) is 14.3. The van der Waals surface area contributed by atoms with Crippen molar-refractivity contribution in [3.63, 3.8) is 0 Å². The number of nitrogens with zero attached hydrogens (tertiary/aromatic N) is 1. The summed E-state index contributed by atoms with van der Waals surface area (Å²) in [7, 11) is 3.06. The third-order valence-electron chi connectivity index (χ3n) is 4.67. The van der Waals surface area contributed by atoms with E-state index < -0.39 is 17.3 Å². The van der Waals surface area contributed by atoms with E-state index in [1.807, 2.05) is 19.9 Å². The number of ether oxygens (including phenoxy) is 2. The molecule has 3 rings (SSSR count). The minimum absolute atomic E-state index is 0.239. The fourth-order valence-electron chi connectivity index (χ4n) is 3.72. The Morgan fingerprint density at radius 2 is 1.62 bits per heavy atom. The highest BCUT2D eigenvalue weighted by Crippen LogP contribution is 2.47. The van der Waals surface area contributed by atoms with Gasteiger partial charge >= 0.3 is 6.18 Å². The van der Waals surface area contributed by atoms with Gasteiger partial charge in [-0.1, -0.05) is 0 Å². The minimum atomic E-state index is -4.37. The number of fused-ring (bicyclic) bond motifs is 3. The maximum atomic E-state index is 13.4. The Morgan fingerprint density at radius 1 is 1.04 bits per heavy atom. The molecule has 1 aliphatic rings. The first kappa shape index (κ1) is 16.7. The van der Waals surface area contributed by atoms with Crippen LogP contribution in [0.3, 0.4) is 0 Å². The van der Waals surface area contributed by atoms with Crippen LogP contribution < -0.4 is 9.47 Å². The summed E-state index contributed by atoms with van der Waals surface area (Å²) in [5, 5.41) is 0. The molecule has 6 heteroatoms. The first-order valence-electron chi connectivity index (χ1n) is 7.65. The number of hydrogen-bond acceptors (Lipinski definition) is 2. The Bertz CT molecular complexity index is 804. The highest BCUT2D eigenvalue weighted by molar-refractivity contribution is 5.73. The number of benzene rings is 1. The lowest BCUT2D eigenvalue weighted by Gasteiger charge is -2.36. The molecular formula is C18H20F3NO2. The largest absolute Gasteiger partial charge is 0.493 e. The quantitative estimate of drug-likeness (QED) is 0.785. The van der Waals surface area contributed by atoms with Crippen LogP contribution in [0.15, 0.2) is 18.2 Å². The second kappa shape index (κ2) is 5.19. The van der Waals surface area contributed by atoms with Crippen molar-refractivity contribution in [2.45, 2.75) is 38.9 Å². The van der Waals surface area contributed by atoms with Crippen molar-refractivity contribution in [2.75, 3.05) is 14.2 Å². The fraction of sp³-hybridized carbons (Fsp3) is 0.444. The molecule has 0 atom stereocenters. The van der Waals surface area contributed by atoms with Crippen LogP contribution in [0.2, 0.25) is 0 Å². The molecule has 0 radical (unpaired) electrons. The van der Waals surface area contributed by atoms with Crippen molar-refractivity contribution in [1.82, 2.24) is 4.57 Å². The summed E-state index contributed by atoms with van der Waals surface area (Å²) < 4.78 is 52.5. The molecule has 130 valence electrons. The number of rotatable bonds is 2. The van der Waals surface area contributed by atoms with Crippen molar-refractivity contribution < 1.29 is 22.6 Å². The van der Waals surface area contributed by atoms with Gasteiger partial charge < -0.3 is 14.0 Å². The molecule has 1 aromatic heterocycles. The van der Waals surface area contributed by atoms with Gasteiger partial charge in [-0.25, -0.2) is 0 Å². The summed E-state index contributed by atoms with van der Waals surface area (Å²) in [6.45, 7) is 5.42. The van der Waals surface area contributed by atoms with E-state index in [4.69, 9.17) is 9.47 Å². The Labute approximate surface area is 139 Å². The van der Waals surface area contributed by atoms with Crippen LogP contribution >= 0.6 is 0 Å². The zero-order chi connectivity index (χ0) is 17.9. The zero-order valence-electron chi connectivity index (χ0n) is 14.3. The summed E-state index contributed by atoms with van der Waals surface area (Å²) in [6.07, 6.45) is -3.76. The Balaban J connectivity index is 2.32. The second-order valence-corrected chi connectivity index (χ2v) is 6.72. The van der Waals surface area contributed by atoms with Crippen molar-refractivity contribution in [3.05, 3.63) is 35.0 Å². The molecule has 1 aliphatic heterocycles. The topological polar surface area (TPSA) is 23.4 Å². The maximum absolute atomic E-state index is 13.4. The van der Waals surface area contributed by atoms with Gasteiger partial charge in [-0.3, -0.25) is 0 Å². The lowest BCUT2D eigenvalue weighted by atomic mass is 9.86. The van der Waals surface area contributed by atoms with Crippen LogP contribution in [0.25, 0.3) is 11.3 Å². The lowest BCUT2D eigenvalue weighted by Crippen LogP contribution is -2.34. The number of halogens is 3. The molecule has 2 aromatic rings. The molecule has 0 unspecified atom stereocenters. The van der Waals surface area contributed by atoms with E-state index in [0.29, 0.717) is 23.6 Å². The number of alkyl halides is 3. The fourth-order valence-corrected chi connectivity index (χ4v) is 3.72. The number of hydrogen-bond donors (Lipinski definition) is 0. The molecular weight excluding hydrogens is 319 g/mol. The molecule has 1 aromatic carbocycles. The van der Waals surface area contributed by atoms with Crippen molar-refractivity contribution in [3.8, 4) is 22.8 Å². The van der Waals surface area contributed by atoms with E-state index >= 15 is 0 Å². The third kappa shape index (κ3) is 2.36. The molecule has 0 amide bonds. The summed E-state index contributed by atoms with van der Waals surface area (Å²) in [5.41, 5.74) is 1.46. The van der Waals surface area contributed by atoms with Gasteiger partial charge in [-0.05, 0) is 51.0 Å². The van der Waals surface area contributed by atoms with Crippen LogP contribution in [-0.4, -0.2) is 18.8 Å². The van der Waals surface area contributed by atoms with Gasteiger partial charge in [-0.15, -0.1) is 0 Å². The lowest BCUT2D eigenvalue weighted by molar-refractivity contribution is -0.138. The molecule has 0 fully saturated rings. The highest BCUT2D eigenvalue weighted by atomic mass is 19.4. The van der Waals surface area contributed by atoms with E-state index in [1.54, 1.807) is 17.7 Å². The van der Waals surface area contributed by atoms with Crippen molar-refractivity contribution >= 4 is 0 Å². The van der Waals surface area contributed by atoms with Crippen LogP contribution in [-0.2, 0) is 18.1 Å². The van der Waals surface area contributed by atoms with E-state index in [2.05, 4.69) is 0 Å². The highest BCUT2D eigenvalue weighted by Gasteiger charge is 2.40. The summed E-state index contributed by atoms with van der Waals surface area (Å²) in [5.74, 6) is 1.09. The Morgan fingerprint density at radius 3 is 2.17 bits per heavy atom. The molecule has 2 heterocycles.